The summed E-state index contributed by atoms with van der Waals surface area (Å²) < 4.78 is 1.91. The zero-order valence-electron chi connectivity index (χ0n) is 16.8. The van der Waals surface area contributed by atoms with Gasteiger partial charge >= 0.3 is 0 Å². The standard InChI is InChI=1S/C21H32N4O2/c1-5-21(27,6-2)12-15-11-16(13-22-15)23-20(26)19-17-9-7-8-10-18(17)25(24-19)14(3)4/h7-10,14-16,22,27H,5-6,11-13H2,1-4H3,(H,23,26). The van der Waals surface area contributed by atoms with Crippen LogP contribution < -0.4 is 10.6 Å². The van der Waals surface area contributed by atoms with Crippen LogP contribution in [0.3, 0.4) is 0 Å². The molecule has 1 aromatic heterocycles. The fourth-order valence-corrected chi connectivity index (χ4v) is 3.99. The zero-order valence-corrected chi connectivity index (χ0v) is 16.8. The summed E-state index contributed by atoms with van der Waals surface area (Å²) in [5.74, 6) is -0.126. The molecule has 2 aromatic rings. The van der Waals surface area contributed by atoms with Crippen LogP contribution in [0, 0.1) is 0 Å². The molecule has 2 unspecified atom stereocenters. The first-order valence-corrected chi connectivity index (χ1v) is 10.1. The van der Waals surface area contributed by atoms with E-state index in [0.717, 1.165) is 43.1 Å². The van der Waals surface area contributed by atoms with Crippen LogP contribution in [-0.4, -0.2) is 45.0 Å². The van der Waals surface area contributed by atoms with Crippen molar-refractivity contribution in [2.24, 2.45) is 0 Å². The van der Waals surface area contributed by atoms with Crippen molar-refractivity contribution >= 4 is 16.8 Å². The summed E-state index contributed by atoms with van der Waals surface area (Å²) in [4.78, 5) is 12.9. The molecule has 1 amide bonds. The predicted octanol–water partition coefficient (Wildman–Crippen LogP) is 3.02. The molecule has 0 bridgehead atoms. The van der Waals surface area contributed by atoms with Gasteiger partial charge in [0.05, 0.1) is 11.1 Å². The van der Waals surface area contributed by atoms with Crippen molar-refractivity contribution in [2.45, 2.75) is 77.1 Å². The van der Waals surface area contributed by atoms with Gasteiger partial charge in [-0.05, 0) is 45.6 Å². The number of nitrogens with zero attached hydrogens (tertiary/aromatic N) is 2. The number of hydrogen-bond donors (Lipinski definition) is 3. The maximum Gasteiger partial charge on any atom is 0.272 e. The molecule has 2 atom stereocenters. The zero-order chi connectivity index (χ0) is 19.6. The highest BCUT2D eigenvalue weighted by atomic mass is 16.3. The molecule has 6 nitrogen and oxygen atoms in total. The quantitative estimate of drug-likeness (QED) is 0.698. The highest BCUT2D eigenvalue weighted by molar-refractivity contribution is 6.05. The minimum Gasteiger partial charge on any atom is -0.390 e. The van der Waals surface area contributed by atoms with Crippen LogP contribution in [0.4, 0.5) is 0 Å². The first-order chi connectivity index (χ1) is 12.9. The third-order valence-corrected chi connectivity index (χ3v) is 5.82. The van der Waals surface area contributed by atoms with Crippen LogP contribution in [0.5, 0.6) is 0 Å². The number of rotatable bonds is 7. The Morgan fingerprint density at radius 3 is 2.74 bits per heavy atom. The fraction of sp³-hybridized carbons (Fsp3) is 0.619. The van der Waals surface area contributed by atoms with Crippen molar-refractivity contribution in [2.75, 3.05) is 6.54 Å². The monoisotopic (exact) mass is 372 g/mol. The normalized spacial score (nSPS) is 20.5. The smallest absolute Gasteiger partial charge is 0.272 e. The van der Waals surface area contributed by atoms with Crippen LogP contribution >= 0.6 is 0 Å². The highest BCUT2D eigenvalue weighted by Crippen LogP contribution is 2.26. The van der Waals surface area contributed by atoms with E-state index >= 15 is 0 Å². The molecule has 6 heteroatoms. The highest BCUT2D eigenvalue weighted by Gasteiger charge is 2.33. The Morgan fingerprint density at radius 2 is 2.07 bits per heavy atom. The first kappa shape index (κ1) is 19.8. The predicted molar refractivity (Wildman–Crippen MR) is 108 cm³/mol. The number of aromatic nitrogens is 2. The largest absolute Gasteiger partial charge is 0.390 e. The third kappa shape index (κ3) is 4.17. The summed E-state index contributed by atoms with van der Waals surface area (Å²) in [6.45, 7) is 8.90. The Labute approximate surface area is 161 Å². The molecule has 148 valence electrons. The molecule has 1 saturated heterocycles. The summed E-state index contributed by atoms with van der Waals surface area (Å²) in [5, 5.41) is 22.6. The molecule has 1 fully saturated rings. The van der Waals surface area contributed by atoms with E-state index in [-0.39, 0.29) is 24.0 Å². The van der Waals surface area contributed by atoms with Gasteiger partial charge < -0.3 is 15.7 Å². The van der Waals surface area contributed by atoms with Crippen molar-refractivity contribution in [3.8, 4) is 0 Å². The molecular formula is C21H32N4O2. The summed E-state index contributed by atoms with van der Waals surface area (Å²) in [7, 11) is 0. The van der Waals surface area contributed by atoms with E-state index in [9.17, 15) is 9.90 Å². The van der Waals surface area contributed by atoms with Gasteiger partial charge in [0.1, 0.15) is 0 Å². The summed E-state index contributed by atoms with van der Waals surface area (Å²) in [6.07, 6.45) is 3.04. The van der Waals surface area contributed by atoms with E-state index in [1.807, 2.05) is 42.8 Å². The lowest BCUT2D eigenvalue weighted by Crippen LogP contribution is -2.36. The molecule has 1 aliphatic heterocycles. The van der Waals surface area contributed by atoms with Gasteiger partial charge in [0.25, 0.3) is 5.91 Å². The number of amides is 1. The Morgan fingerprint density at radius 1 is 1.37 bits per heavy atom. The molecule has 2 heterocycles. The van der Waals surface area contributed by atoms with Crippen molar-refractivity contribution in [1.82, 2.24) is 20.4 Å². The van der Waals surface area contributed by atoms with E-state index in [0.29, 0.717) is 5.69 Å². The minimum atomic E-state index is -0.622. The molecule has 3 N–H and O–H groups in total. The SMILES string of the molecule is CCC(O)(CC)CC1CC(NC(=O)c2nn(C(C)C)c3ccccc23)CN1. The molecule has 1 aromatic carbocycles. The number of carbonyl (C=O) groups excluding carboxylic acids is 1. The van der Waals surface area contributed by atoms with Gasteiger partial charge in [-0.15, -0.1) is 0 Å². The van der Waals surface area contributed by atoms with Gasteiger partial charge in [-0.3, -0.25) is 9.48 Å². The van der Waals surface area contributed by atoms with Crippen molar-refractivity contribution in [3.05, 3.63) is 30.0 Å². The summed E-state index contributed by atoms with van der Waals surface area (Å²) >= 11 is 0. The topological polar surface area (TPSA) is 79.2 Å². The number of para-hydroxylation sites is 1. The van der Waals surface area contributed by atoms with Gasteiger partial charge in [0.15, 0.2) is 5.69 Å². The molecule has 0 radical (unpaired) electrons. The molecular weight excluding hydrogens is 340 g/mol. The Bertz CT molecular complexity index is 795. The number of fused-ring (bicyclic) bond motifs is 1. The number of hydrogen-bond acceptors (Lipinski definition) is 4. The second-order valence-electron chi connectivity index (χ2n) is 8.05. The first-order valence-electron chi connectivity index (χ1n) is 10.1. The van der Waals surface area contributed by atoms with Crippen LogP contribution in [0.25, 0.3) is 10.9 Å². The molecule has 27 heavy (non-hydrogen) atoms. The summed E-state index contributed by atoms with van der Waals surface area (Å²) in [6, 6.07) is 8.34. The fourth-order valence-electron chi connectivity index (χ4n) is 3.99. The number of nitrogens with one attached hydrogen (secondary N) is 2. The minimum absolute atomic E-state index is 0.0587. The van der Waals surface area contributed by atoms with Crippen LogP contribution in [0.2, 0.25) is 0 Å². The van der Waals surface area contributed by atoms with E-state index < -0.39 is 5.60 Å². The molecule has 0 aliphatic carbocycles. The Kier molecular flexibility index (Phi) is 5.86. The van der Waals surface area contributed by atoms with Gasteiger partial charge in [0.2, 0.25) is 0 Å². The molecule has 3 rings (SSSR count). The van der Waals surface area contributed by atoms with Crippen molar-refractivity contribution in [1.29, 1.82) is 0 Å². The molecule has 1 aliphatic rings. The van der Waals surface area contributed by atoms with Gasteiger partial charge in [-0.1, -0.05) is 32.0 Å². The lowest BCUT2D eigenvalue weighted by atomic mass is 9.89. The second kappa shape index (κ2) is 7.98. The average molecular weight is 373 g/mol. The van der Waals surface area contributed by atoms with Crippen LogP contribution in [-0.2, 0) is 0 Å². The Hall–Kier alpha value is -1.92. The lowest BCUT2D eigenvalue weighted by molar-refractivity contribution is 0.0154. The van der Waals surface area contributed by atoms with Gasteiger partial charge in [0, 0.05) is 30.1 Å². The van der Waals surface area contributed by atoms with Crippen LogP contribution in [0.15, 0.2) is 24.3 Å². The van der Waals surface area contributed by atoms with Gasteiger partial charge in [-0.25, -0.2) is 0 Å². The second-order valence-corrected chi connectivity index (χ2v) is 8.05. The average Bonchev–Trinajstić information content (AvgIpc) is 3.25. The number of aliphatic hydroxyl groups is 1. The Balaban J connectivity index is 1.69. The molecule has 0 saturated carbocycles. The van der Waals surface area contributed by atoms with E-state index in [4.69, 9.17) is 0 Å². The maximum absolute atomic E-state index is 12.9. The van der Waals surface area contributed by atoms with Crippen LogP contribution in [0.1, 0.15) is 69.9 Å². The maximum atomic E-state index is 12.9. The number of carbonyl (C=O) groups is 1. The van der Waals surface area contributed by atoms with E-state index in [2.05, 4.69) is 29.6 Å². The van der Waals surface area contributed by atoms with Gasteiger partial charge in [-0.2, -0.15) is 5.10 Å². The summed E-state index contributed by atoms with van der Waals surface area (Å²) in [5.41, 5.74) is 0.848. The number of benzene rings is 1. The van der Waals surface area contributed by atoms with E-state index in [1.54, 1.807) is 0 Å². The third-order valence-electron chi connectivity index (χ3n) is 5.82. The lowest BCUT2D eigenvalue weighted by Gasteiger charge is -2.28. The van der Waals surface area contributed by atoms with Crippen molar-refractivity contribution < 1.29 is 9.90 Å². The van der Waals surface area contributed by atoms with E-state index in [1.165, 1.54) is 0 Å². The molecule has 0 spiro atoms. The van der Waals surface area contributed by atoms with Crippen molar-refractivity contribution in [3.63, 3.8) is 0 Å².